The molecule has 0 aliphatic carbocycles. The van der Waals surface area contributed by atoms with Crippen LogP contribution in [0.1, 0.15) is 37.8 Å². The first-order valence-corrected chi connectivity index (χ1v) is 8.12. The molecule has 0 spiro atoms. The molecule has 124 valence electrons. The summed E-state index contributed by atoms with van der Waals surface area (Å²) in [5.41, 5.74) is 1.49. The maximum atomic E-state index is 10.3. The zero-order chi connectivity index (χ0) is 16.3. The number of aryl methyl sites for hydroxylation is 2. The summed E-state index contributed by atoms with van der Waals surface area (Å²) >= 11 is 0. The van der Waals surface area contributed by atoms with Gasteiger partial charge in [0.2, 0.25) is 0 Å². The lowest BCUT2D eigenvalue weighted by Gasteiger charge is -2.34. The number of benzene rings is 1. The largest absolute Gasteiger partial charge is 0.491 e. The van der Waals surface area contributed by atoms with Crippen LogP contribution in [0, 0.1) is 13.8 Å². The fourth-order valence-electron chi connectivity index (χ4n) is 3.22. The van der Waals surface area contributed by atoms with E-state index in [1.807, 2.05) is 39.8 Å². The summed E-state index contributed by atoms with van der Waals surface area (Å²) in [5, 5.41) is 20.5. The van der Waals surface area contributed by atoms with Gasteiger partial charge in [-0.3, -0.25) is 4.90 Å². The summed E-state index contributed by atoms with van der Waals surface area (Å²) in [7, 11) is 0. The maximum absolute atomic E-state index is 10.3. The Balaban J connectivity index is 1.88. The van der Waals surface area contributed by atoms with Crippen molar-refractivity contribution >= 4 is 0 Å². The Bertz CT molecular complexity index is 496. The Labute approximate surface area is 133 Å². The third-order valence-corrected chi connectivity index (χ3v) is 4.40. The van der Waals surface area contributed by atoms with Crippen LogP contribution >= 0.6 is 0 Å². The van der Waals surface area contributed by atoms with Crippen molar-refractivity contribution in [3.63, 3.8) is 0 Å². The highest BCUT2D eigenvalue weighted by molar-refractivity contribution is 5.35. The van der Waals surface area contributed by atoms with Gasteiger partial charge in [0.15, 0.2) is 0 Å². The molecule has 0 aromatic heterocycles. The van der Waals surface area contributed by atoms with Crippen LogP contribution < -0.4 is 4.74 Å². The topological polar surface area (TPSA) is 52.9 Å². The second kappa shape index (κ2) is 6.99. The zero-order valence-electron chi connectivity index (χ0n) is 14.2. The molecule has 2 rings (SSSR count). The summed E-state index contributed by atoms with van der Waals surface area (Å²) in [6.45, 7) is 9.46. The molecule has 2 N–H and O–H groups in total. The second-order valence-electron chi connectivity index (χ2n) is 7.04. The Hall–Kier alpha value is -1.10. The first-order chi connectivity index (χ1) is 10.3. The minimum Gasteiger partial charge on any atom is -0.491 e. The number of nitrogens with zero attached hydrogens (tertiary/aromatic N) is 1. The molecular weight excluding hydrogens is 278 g/mol. The monoisotopic (exact) mass is 307 g/mol. The van der Waals surface area contributed by atoms with E-state index in [4.69, 9.17) is 4.74 Å². The van der Waals surface area contributed by atoms with Crippen LogP contribution in [-0.4, -0.2) is 52.6 Å². The van der Waals surface area contributed by atoms with E-state index in [0.717, 1.165) is 36.3 Å². The molecule has 2 atom stereocenters. The lowest BCUT2D eigenvalue weighted by molar-refractivity contribution is -0.0210. The third kappa shape index (κ3) is 4.45. The van der Waals surface area contributed by atoms with E-state index in [9.17, 15) is 10.2 Å². The molecule has 1 heterocycles. The Morgan fingerprint density at radius 2 is 2.09 bits per heavy atom. The Morgan fingerprint density at radius 3 is 2.77 bits per heavy atom. The highest BCUT2D eigenvalue weighted by Crippen LogP contribution is 2.27. The van der Waals surface area contributed by atoms with Gasteiger partial charge < -0.3 is 14.9 Å². The van der Waals surface area contributed by atoms with Crippen molar-refractivity contribution in [3.8, 4) is 5.75 Å². The number of likely N-dealkylation sites (tertiary alicyclic amines) is 1. The van der Waals surface area contributed by atoms with Crippen molar-refractivity contribution in [2.75, 3.05) is 19.7 Å². The number of rotatable bonds is 6. The molecule has 0 radical (unpaired) electrons. The van der Waals surface area contributed by atoms with Crippen molar-refractivity contribution in [1.29, 1.82) is 0 Å². The van der Waals surface area contributed by atoms with E-state index in [-0.39, 0.29) is 12.6 Å². The first kappa shape index (κ1) is 17.3. The van der Waals surface area contributed by atoms with E-state index < -0.39 is 11.7 Å². The lowest BCUT2D eigenvalue weighted by atomic mass is 9.96. The maximum Gasteiger partial charge on any atom is 0.122 e. The van der Waals surface area contributed by atoms with E-state index in [1.165, 1.54) is 0 Å². The van der Waals surface area contributed by atoms with Crippen molar-refractivity contribution in [2.45, 2.75) is 58.3 Å². The minimum absolute atomic E-state index is 0.114. The number of β-amino-alcohol motifs (C(OH)–C–C–N with tert-alkyl or cyclic N) is 1. The van der Waals surface area contributed by atoms with E-state index >= 15 is 0 Å². The predicted molar refractivity (Wildman–Crippen MR) is 88.3 cm³/mol. The van der Waals surface area contributed by atoms with Crippen molar-refractivity contribution < 1.29 is 14.9 Å². The van der Waals surface area contributed by atoms with Crippen molar-refractivity contribution in [1.82, 2.24) is 4.90 Å². The van der Waals surface area contributed by atoms with Crippen LogP contribution in [-0.2, 0) is 0 Å². The Kier molecular flexibility index (Phi) is 5.48. The zero-order valence-corrected chi connectivity index (χ0v) is 14.2. The van der Waals surface area contributed by atoms with Gasteiger partial charge in [-0.2, -0.15) is 0 Å². The molecule has 4 heteroatoms. The summed E-state index contributed by atoms with van der Waals surface area (Å²) < 4.78 is 5.77. The fraction of sp³-hybridized carbons (Fsp3) is 0.667. The Morgan fingerprint density at radius 1 is 1.36 bits per heavy atom. The van der Waals surface area contributed by atoms with Gasteiger partial charge in [0, 0.05) is 12.6 Å². The molecular formula is C18H29NO3. The normalized spacial score (nSPS) is 21.1. The van der Waals surface area contributed by atoms with E-state index in [2.05, 4.69) is 11.0 Å². The molecule has 4 nitrogen and oxygen atoms in total. The van der Waals surface area contributed by atoms with Gasteiger partial charge in [0.1, 0.15) is 18.5 Å². The van der Waals surface area contributed by atoms with E-state index in [1.54, 1.807) is 0 Å². The molecule has 22 heavy (non-hydrogen) atoms. The standard InChI is InChI=1S/C18H29NO3/c1-13-7-8-14(2)16(10-13)22-12-15(20)11-19-9-5-6-17(19)18(3,4)21/h7-8,10,15,17,20-21H,5-6,9,11-12H2,1-4H3. The quantitative estimate of drug-likeness (QED) is 0.846. The van der Waals surface area contributed by atoms with Gasteiger partial charge in [-0.1, -0.05) is 12.1 Å². The molecule has 1 aliphatic rings. The van der Waals surface area contributed by atoms with Gasteiger partial charge >= 0.3 is 0 Å². The molecule has 1 saturated heterocycles. The molecule has 0 saturated carbocycles. The van der Waals surface area contributed by atoms with Gasteiger partial charge in [-0.25, -0.2) is 0 Å². The van der Waals surface area contributed by atoms with Gasteiger partial charge in [0.25, 0.3) is 0 Å². The molecule has 0 amide bonds. The molecule has 1 fully saturated rings. The molecule has 2 unspecified atom stereocenters. The number of aliphatic hydroxyl groups is 2. The van der Waals surface area contributed by atoms with Crippen molar-refractivity contribution in [2.24, 2.45) is 0 Å². The lowest BCUT2D eigenvalue weighted by Crippen LogP contribution is -2.48. The van der Waals surface area contributed by atoms with Crippen LogP contribution in [0.2, 0.25) is 0 Å². The number of hydrogen-bond acceptors (Lipinski definition) is 4. The van der Waals surface area contributed by atoms with Crippen LogP contribution in [0.4, 0.5) is 0 Å². The first-order valence-electron chi connectivity index (χ1n) is 8.12. The number of hydrogen-bond donors (Lipinski definition) is 2. The fourth-order valence-corrected chi connectivity index (χ4v) is 3.22. The minimum atomic E-state index is -0.732. The molecule has 1 aromatic rings. The van der Waals surface area contributed by atoms with Gasteiger partial charge in [0.05, 0.1) is 5.60 Å². The van der Waals surface area contributed by atoms with Crippen LogP contribution in [0.25, 0.3) is 0 Å². The van der Waals surface area contributed by atoms with Crippen molar-refractivity contribution in [3.05, 3.63) is 29.3 Å². The molecule has 1 aliphatic heterocycles. The average molecular weight is 307 g/mol. The number of ether oxygens (including phenoxy) is 1. The second-order valence-corrected chi connectivity index (χ2v) is 7.04. The average Bonchev–Trinajstić information content (AvgIpc) is 2.88. The van der Waals surface area contributed by atoms with Crippen LogP contribution in [0.3, 0.4) is 0 Å². The van der Waals surface area contributed by atoms with Crippen LogP contribution in [0.15, 0.2) is 18.2 Å². The molecule has 1 aromatic carbocycles. The van der Waals surface area contributed by atoms with Gasteiger partial charge in [-0.15, -0.1) is 0 Å². The van der Waals surface area contributed by atoms with Crippen LogP contribution in [0.5, 0.6) is 5.75 Å². The van der Waals surface area contributed by atoms with E-state index in [0.29, 0.717) is 6.54 Å². The van der Waals surface area contributed by atoms with Gasteiger partial charge in [-0.05, 0) is 64.3 Å². The summed E-state index contributed by atoms with van der Waals surface area (Å²) in [5.74, 6) is 0.833. The summed E-state index contributed by atoms with van der Waals surface area (Å²) in [4.78, 5) is 2.18. The summed E-state index contributed by atoms with van der Waals surface area (Å²) in [6, 6.07) is 6.19. The molecule has 0 bridgehead atoms. The third-order valence-electron chi connectivity index (χ3n) is 4.40. The SMILES string of the molecule is Cc1ccc(C)c(OCC(O)CN2CCCC2C(C)(C)O)c1. The highest BCUT2D eigenvalue weighted by atomic mass is 16.5. The predicted octanol–water partition coefficient (Wildman–Crippen LogP) is 2.28. The highest BCUT2D eigenvalue weighted by Gasteiger charge is 2.36. The summed E-state index contributed by atoms with van der Waals surface area (Å²) in [6.07, 6.45) is 1.50. The number of aliphatic hydroxyl groups excluding tert-OH is 1. The smallest absolute Gasteiger partial charge is 0.122 e.